The molecule has 2 aromatic carbocycles. The number of benzene rings is 2. The quantitative estimate of drug-likeness (QED) is 0.917. The number of ether oxygens (including phenoxy) is 1. The van der Waals surface area contributed by atoms with E-state index in [-0.39, 0.29) is 18.2 Å². The lowest BCUT2D eigenvalue weighted by Gasteiger charge is -2.12. The Bertz CT molecular complexity index is 597. The molecule has 0 amide bonds. The van der Waals surface area contributed by atoms with Crippen molar-refractivity contribution in [3.05, 3.63) is 64.2 Å². The van der Waals surface area contributed by atoms with Gasteiger partial charge in [-0.2, -0.15) is 0 Å². The fraction of sp³-hybridized carbons (Fsp3) is 0.200. The Morgan fingerprint density at radius 2 is 1.85 bits per heavy atom. The van der Waals surface area contributed by atoms with Gasteiger partial charge in [-0.25, -0.2) is 8.78 Å². The highest BCUT2D eigenvalue weighted by Crippen LogP contribution is 2.28. The van der Waals surface area contributed by atoms with Crippen LogP contribution >= 0.6 is 11.6 Å². The zero-order valence-electron chi connectivity index (χ0n) is 10.9. The van der Waals surface area contributed by atoms with Gasteiger partial charge < -0.3 is 10.5 Å². The molecule has 2 rings (SSSR count). The summed E-state index contributed by atoms with van der Waals surface area (Å²) in [6, 6.07) is 8.61. The Hall–Kier alpha value is -1.65. The molecule has 0 aliphatic carbocycles. The maximum absolute atomic E-state index is 13.5. The molecule has 0 bridgehead atoms. The SMILES string of the molecule is C[C@H](N)c1ccc(OCc2c(F)cccc2F)c(Cl)c1. The molecule has 2 nitrogen and oxygen atoms in total. The number of halogens is 3. The highest BCUT2D eigenvalue weighted by molar-refractivity contribution is 6.32. The third kappa shape index (κ3) is 3.26. The van der Waals surface area contributed by atoms with Crippen molar-refractivity contribution in [2.45, 2.75) is 19.6 Å². The van der Waals surface area contributed by atoms with Crippen LogP contribution in [0.5, 0.6) is 5.75 Å². The van der Waals surface area contributed by atoms with Gasteiger partial charge in [0.05, 0.1) is 10.6 Å². The van der Waals surface area contributed by atoms with Gasteiger partial charge in [-0.1, -0.05) is 23.7 Å². The Morgan fingerprint density at radius 3 is 2.40 bits per heavy atom. The second-order valence-electron chi connectivity index (χ2n) is 4.47. The van der Waals surface area contributed by atoms with Crippen molar-refractivity contribution < 1.29 is 13.5 Å². The van der Waals surface area contributed by atoms with Crippen LogP contribution in [0.25, 0.3) is 0 Å². The zero-order valence-corrected chi connectivity index (χ0v) is 11.6. The summed E-state index contributed by atoms with van der Waals surface area (Å²) in [6.45, 7) is 1.61. The molecule has 5 heteroatoms. The fourth-order valence-corrected chi connectivity index (χ4v) is 1.98. The molecule has 2 aromatic rings. The van der Waals surface area contributed by atoms with E-state index >= 15 is 0 Å². The predicted octanol–water partition coefficient (Wildman–Crippen LogP) is 4.22. The Morgan fingerprint density at radius 1 is 1.20 bits per heavy atom. The van der Waals surface area contributed by atoms with E-state index in [1.807, 2.05) is 6.92 Å². The maximum Gasteiger partial charge on any atom is 0.138 e. The normalized spacial score (nSPS) is 12.2. The minimum Gasteiger partial charge on any atom is -0.487 e. The molecule has 0 heterocycles. The van der Waals surface area contributed by atoms with Crippen LogP contribution in [0.4, 0.5) is 8.78 Å². The van der Waals surface area contributed by atoms with Gasteiger partial charge in [0, 0.05) is 6.04 Å². The molecule has 0 saturated carbocycles. The first kappa shape index (κ1) is 14.8. The second-order valence-corrected chi connectivity index (χ2v) is 4.87. The van der Waals surface area contributed by atoms with Gasteiger partial charge in [0.1, 0.15) is 24.0 Å². The highest BCUT2D eigenvalue weighted by atomic mass is 35.5. The first-order chi connectivity index (χ1) is 9.49. The highest BCUT2D eigenvalue weighted by Gasteiger charge is 2.11. The van der Waals surface area contributed by atoms with Crippen molar-refractivity contribution in [1.82, 2.24) is 0 Å². The van der Waals surface area contributed by atoms with Gasteiger partial charge in [0.2, 0.25) is 0 Å². The van der Waals surface area contributed by atoms with Gasteiger partial charge in [0.25, 0.3) is 0 Å². The third-order valence-electron chi connectivity index (χ3n) is 2.92. The molecule has 0 aliphatic heterocycles. The van der Waals surface area contributed by atoms with Crippen LogP contribution in [0, 0.1) is 11.6 Å². The van der Waals surface area contributed by atoms with Crippen molar-refractivity contribution in [3.63, 3.8) is 0 Å². The summed E-state index contributed by atoms with van der Waals surface area (Å²) in [4.78, 5) is 0. The van der Waals surface area contributed by atoms with Crippen molar-refractivity contribution in [1.29, 1.82) is 0 Å². The van der Waals surface area contributed by atoms with Gasteiger partial charge in [-0.3, -0.25) is 0 Å². The minimum absolute atomic E-state index is 0.125. The Labute approximate surface area is 121 Å². The molecular weight excluding hydrogens is 284 g/mol. The summed E-state index contributed by atoms with van der Waals surface area (Å²) < 4.78 is 32.3. The Kier molecular flexibility index (Phi) is 4.57. The van der Waals surface area contributed by atoms with Crippen molar-refractivity contribution >= 4 is 11.6 Å². The van der Waals surface area contributed by atoms with Crippen LogP contribution in [0.2, 0.25) is 5.02 Å². The predicted molar refractivity (Wildman–Crippen MR) is 74.7 cm³/mol. The largest absolute Gasteiger partial charge is 0.487 e. The minimum atomic E-state index is -0.645. The van der Waals surface area contributed by atoms with E-state index in [1.54, 1.807) is 18.2 Å². The lowest BCUT2D eigenvalue weighted by Crippen LogP contribution is -2.05. The Balaban J connectivity index is 2.15. The number of hydrogen-bond donors (Lipinski definition) is 1. The van der Waals surface area contributed by atoms with Crippen LogP contribution in [0.15, 0.2) is 36.4 Å². The van der Waals surface area contributed by atoms with Gasteiger partial charge in [-0.05, 0) is 36.8 Å². The average molecular weight is 298 g/mol. The summed E-state index contributed by atoms with van der Waals surface area (Å²) >= 11 is 6.05. The number of rotatable bonds is 4. The third-order valence-corrected chi connectivity index (χ3v) is 3.21. The summed E-state index contributed by atoms with van der Waals surface area (Å²) in [5, 5.41) is 0.358. The molecule has 0 aromatic heterocycles. The molecule has 0 saturated heterocycles. The van der Waals surface area contributed by atoms with E-state index in [4.69, 9.17) is 22.1 Å². The topological polar surface area (TPSA) is 35.2 Å². The van der Waals surface area contributed by atoms with E-state index < -0.39 is 11.6 Å². The molecule has 2 N–H and O–H groups in total. The molecular formula is C15H14ClF2NO. The van der Waals surface area contributed by atoms with Gasteiger partial charge in [-0.15, -0.1) is 0 Å². The second kappa shape index (κ2) is 6.20. The van der Waals surface area contributed by atoms with E-state index in [9.17, 15) is 8.78 Å². The molecule has 0 radical (unpaired) electrons. The summed E-state index contributed by atoms with van der Waals surface area (Å²) in [5.41, 5.74) is 6.47. The number of nitrogens with two attached hydrogens (primary N) is 1. The van der Waals surface area contributed by atoms with Crippen LogP contribution in [-0.2, 0) is 6.61 Å². The van der Waals surface area contributed by atoms with Crippen molar-refractivity contribution in [2.24, 2.45) is 5.73 Å². The smallest absolute Gasteiger partial charge is 0.138 e. The van der Waals surface area contributed by atoms with Crippen LogP contribution < -0.4 is 10.5 Å². The van der Waals surface area contributed by atoms with Gasteiger partial charge >= 0.3 is 0 Å². The van der Waals surface area contributed by atoms with Crippen molar-refractivity contribution in [2.75, 3.05) is 0 Å². The number of hydrogen-bond acceptors (Lipinski definition) is 2. The lowest BCUT2D eigenvalue weighted by atomic mass is 10.1. The molecule has 0 unspecified atom stereocenters. The molecule has 20 heavy (non-hydrogen) atoms. The van der Waals surface area contributed by atoms with Crippen LogP contribution in [0.3, 0.4) is 0 Å². The van der Waals surface area contributed by atoms with Crippen LogP contribution in [-0.4, -0.2) is 0 Å². The maximum atomic E-state index is 13.5. The van der Waals surface area contributed by atoms with E-state index in [0.29, 0.717) is 10.8 Å². The summed E-state index contributed by atoms with van der Waals surface area (Å²) in [5.74, 6) is -0.930. The standard InChI is InChI=1S/C15H14ClF2NO/c1-9(19)10-5-6-15(12(16)7-10)20-8-11-13(17)3-2-4-14(11)18/h2-7,9H,8,19H2,1H3/t9-/m0/s1. The molecule has 0 aliphatic rings. The van der Waals surface area contributed by atoms with Gasteiger partial charge in [0.15, 0.2) is 0 Å². The fourth-order valence-electron chi connectivity index (χ4n) is 1.74. The monoisotopic (exact) mass is 297 g/mol. The average Bonchev–Trinajstić information content (AvgIpc) is 2.39. The first-order valence-corrected chi connectivity index (χ1v) is 6.47. The lowest BCUT2D eigenvalue weighted by molar-refractivity contribution is 0.292. The molecule has 0 fully saturated rings. The summed E-state index contributed by atoms with van der Waals surface area (Å²) in [7, 11) is 0. The first-order valence-electron chi connectivity index (χ1n) is 6.09. The van der Waals surface area contributed by atoms with Crippen molar-refractivity contribution in [3.8, 4) is 5.75 Å². The van der Waals surface area contributed by atoms with E-state index in [0.717, 1.165) is 5.56 Å². The zero-order chi connectivity index (χ0) is 14.7. The molecule has 106 valence electrons. The molecule has 1 atom stereocenters. The van der Waals surface area contributed by atoms with Crippen LogP contribution in [0.1, 0.15) is 24.1 Å². The van der Waals surface area contributed by atoms with E-state index in [2.05, 4.69) is 0 Å². The van der Waals surface area contributed by atoms with E-state index in [1.165, 1.54) is 18.2 Å². The summed E-state index contributed by atoms with van der Waals surface area (Å²) in [6.07, 6.45) is 0. The molecule has 0 spiro atoms.